The molecule has 1 atom stereocenters. The van der Waals surface area contributed by atoms with Crippen LogP contribution in [0.4, 0.5) is 0 Å². The Morgan fingerprint density at radius 3 is 2.32 bits per heavy atom. The Balaban J connectivity index is 4.02. The molecule has 0 N–H and O–H groups in total. The molecule has 0 aromatic carbocycles. The molecule has 4 heteroatoms. The van der Waals surface area contributed by atoms with Gasteiger partial charge in [0, 0.05) is 18.6 Å². The van der Waals surface area contributed by atoms with Crippen LogP contribution in [0.1, 0.15) is 45.4 Å². The zero-order valence-electron chi connectivity index (χ0n) is 11.7. The van der Waals surface area contributed by atoms with Crippen molar-refractivity contribution in [2.24, 2.45) is 0 Å². The maximum atomic E-state index is 11.2. The van der Waals surface area contributed by atoms with Crippen molar-refractivity contribution in [1.82, 2.24) is 0 Å². The van der Waals surface area contributed by atoms with E-state index in [-0.39, 0.29) is 12.7 Å². The van der Waals surface area contributed by atoms with Crippen LogP contribution in [-0.2, 0) is 19.1 Å². The fourth-order valence-electron chi connectivity index (χ4n) is 1.62. The molecule has 0 heterocycles. The summed E-state index contributed by atoms with van der Waals surface area (Å²) in [5.41, 5.74) is 0. The zero-order valence-corrected chi connectivity index (χ0v) is 11.7. The van der Waals surface area contributed by atoms with E-state index in [1.54, 1.807) is 0 Å². The first-order chi connectivity index (χ1) is 9.13. The smallest absolute Gasteiger partial charge is 0.330 e. The molecular formula is C15H24O4. The number of unbranched alkanes of at least 4 members (excludes halogenated alkanes) is 3. The van der Waals surface area contributed by atoms with Gasteiger partial charge in [0.1, 0.15) is 6.10 Å². The Kier molecular flexibility index (Phi) is 10.6. The average Bonchev–Trinajstić information content (AvgIpc) is 2.42. The zero-order chi connectivity index (χ0) is 14.5. The number of esters is 2. The summed E-state index contributed by atoms with van der Waals surface area (Å²) in [6.45, 7) is 9.06. The van der Waals surface area contributed by atoms with Gasteiger partial charge in [0.05, 0.1) is 6.61 Å². The highest BCUT2D eigenvalue weighted by molar-refractivity contribution is 5.81. The molecule has 0 saturated heterocycles. The summed E-state index contributed by atoms with van der Waals surface area (Å²) < 4.78 is 10.1. The molecule has 0 radical (unpaired) electrons. The lowest BCUT2D eigenvalue weighted by atomic mass is 10.1. The first kappa shape index (κ1) is 17.4. The van der Waals surface area contributed by atoms with Crippen LogP contribution in [0.25, 0.3) is 0 Å². The predicted octanol–water partition coefficient (Wildman–Crippen LogP) is 3.17. The third kappa shape index (κ3) is 10.1. The van der Waals surface area contributed by atoms with Crippen molar-refractivity contribution in [3.05, 3.63) is 25.3 Å². The minimum Gasteiger partial charge on any atom is -0.462 e. The lowest BCUT2D eigenvalue weighted by molar-refractivity contribution is -0.145. The van der Waals surface area contributed by atoms with E-state index in [2.05, 4.69) is 20.1 Å². The maximum absolute atomic E-state index is 11.2. The first-order valence-corrected chi connectivity index (χ1v) is 6.76. The Hall–Kier alpha value is -1.58. The monoisotopic (exact) mass is 268 g/mol. The summed E-state index contributed by atoms with van der Waals surface area (Å²) in [6.07, 6.45) is 7.78. The number of ether oxygens (including phenoxy) is 2. The minimum absolute atomic E-state index is 0.222. The maximum Gasteiger partial charge on any atom is 0.330 e. The molecule has 0 aromatic heterocycles. The summed E-state index contributed by atoms with van der Waals surface area (Å²) in [7, 11) is 0. The second kappa shape index (κ2) is 11.5. The van der Waals surface area contributed by atoms with Gasteiger partial charge in [-0.25, -0.2) is 9.59 Å². The molecule has 0 spiro atoms. The van der Waals surface area contributed by atoms with Crippen LogP contribution in [0.15, 0.2) is 25.3 Å². The number of hydrogen-bond acceptors (Lipinski definition) is 4. The van der Waals surface area contributed by atoms with Gasteiger partial charge in [-0.1, -0.05) is 39.3 Å². The molecule has 1 unspecified atom stereocenters. The summed E-state index contributed by atoms with van der Waals surface area (Å²) in [4.78, 5) is 22.1. The Morgan fingerprint density at radius 1 is 1.05 bits per heavy atom. The van der Waals surface area contributed by atoms with Crippen LogP contribution in [-0.4, -0.2) is 24.6 Å². The molecule has 0 saturated carbocycles. The van der Waals surface area contributed by atoms with Gasteiger partial charge in [0.2, 0.25) is 0 Å². The van der Waals surface area contributed by atoms with Gasteiger partial charge in [0.25, 0.3) is 0 Å². The van der Waals surface area contributed by atoms with E-state index < -0.39 is 11.9 Å². The largest absolute Gasteiger partial charge is 0.462 e. The second-order valence-electron chi connectivity index (χ2n) is 4.27. The Bertz CT molecular complexity index is 297. The Morgan fingerprint density at radius 2 is 1.74 bits per heavy atom. The molecule has 0 bridgehead atoms. The summed E-state index contributed by atoms with van der Waals surface area (Å²) in [5, 5.41) is 0. The van der Waals surface area contributed by atoms with Crippen molar-refractivity contribution in [1.29, 1.82) is 0 Å². The lowest BCUT2D eigenvalue weighted by Gasteiger charge is -2.16. The minimum atomic E-state index is -0.459. The topological polar surface area (TPSA) is 52.6 Å². The van der Waals surface area contributed by atoms with E-state index in [4.69, 9.17) is 9.47 Å². The molecule has 0 aliphatic carbocycles. The van der Waals surface area contributed by atoms with Crippen molar-refractivity contribution < 1.29 is 19.1 Å². The summed E-state index contributed by atoms with van der Waals surface area (Å²) in [5.74, 6) is -0.893. The molecular weight excluding hydrogens is 244 g/mol. The van der Waals surface area contributed by atoms with Gasteiger partial charge in [-0.05, 0) is 12.8 Å². The van der Waals surface area contributed by atoms with E-state index in [9.17, 15) is 9.59 Å². The van der Waals surface area contributed by atoms with Gasteiger partial charge < -0.3 is 9.47 Å². The highest BCUT2D eigenvalue weighted by atomic mass is 16.6. The van der Waals surface area contributed by atoms with Crippen LogP contribution >= 0.6 is 0 Å². The van der Waals surface area contributed by atoms with Gasteiger partial charge in [0.15, 0.2) is 0 Å². The van der Waals surface area contributed by atoms with E-state index >= 15 is 0 Å². The fourth-order valence-corrected chi connectivity index (χ4v) is 1.62. The highest BCUT2D eigenvalue weighted by Crippen LogP contribution is 2.12. The van der Waals surface area contributed by atoms with Crippen LogP contribution in [0.5, 0.6) is 0 Å². The number of carbonyl (C=O) groups excluding carboxylic acids is 2. The Labute approximate surface area is 115 Å². The molecule has 19 heavy (non-hydrogen) atoms. The SMILES string of the molecule is C=CC(=O)OCCC(CCCCCC)OC(=O)C=C. The summed E-state index contributed by atoms with van der Waals surface area (Å²) in [6, 6.07) is 0. The average molecular weight is 268 g/mol. The standard InChI is InChI=1S/C15H24O4/c1-4-7-8-9-10-13(19-15(17)6-3)11-12-18-14(16)5-2/h5-6,13H,2-4,7-12H2,1H3. The molecule has 0 aliphatic heterocycles. The molecule has 0 aliphatic rings. The molecule has 4 nitrogen and oxygen atoms in total. The van der Waals surface area contributed by atoms with Crippen LogP contribution < -0.4 is 0 Å². The molecule has 108 valence electrons. The highest BCUT2D eigenvalue weighted by Gasteiger charge is 2.13. The predicted molar refractivity (Wildman–Crippen MR) is 74.6 cm³/mol. The van der Waals surface area contributed by atoms with Crippen LogP contribution in [0.3, 0.4) is 0 Å². The van der Waals surface area contributed by atoms with Crippen molar-refractivity contribution in [3.63, 3.8) is 0 Å². The van der Waals surface area contributed by atoms with Gasteiger partial charge in [-0.15, -0.1) is 0 Å². The van der Waals surface area contributed by atoms with Gasteiger partial charge >= 0.3 is 11.9 Å². The number of carbonyl (C=O) groups is 2. The van der Waals surface area contributed by atoms with Crippen LogP contribution in [0.2, 0.25) is 0 Å². The number of hydrogen-bond donors (Lipinski definition) is 0. The van der Waals surface area contributed by atoms with Gasteiger partial charge in [-0.2, -0.15) is 0 Å². The van der Waals surface area contributed by atoms with Crippen molar-refractivity contribution in [2.75, 3.05) is 6.61 Å². The van der Waals surface area contributed by atoms with Crippen molar-refractivity contribution >= 4 is 11.9 Å². The van der Waals surface area contributed by atoms with Gasteiger partial charge in [-0.3, -0.25) is 0 Å². The van der Waals surface area contributed by atoms with E-state index in [0.717, 1.165) is 37.8 Å². The van der Waals surface area contributed by atoms with E-state index in [1.165, 1.54) is 6.42 Å². The third-order valence-corrected chi connectivity index (χ3v) is 2.68. The lowest BCUT2D eigenvalue weighted by Crippen LogP contribution is -2.19. The molecule has 0 amide bonds. The second-order valence-corrected chi connectivity index (χ2v) is 4.27. The van der Waals surface area contributed by atoms with E-state index in [1.807, 2.05) is 0 Å². The van der Waals surface area contributed by atoms with Crippen molar-refractivity contribution in [2.45, 2.75) is 51.6 Å². The van der Waals surface area contributed by atoms with Crippen molar-refractivity contribution in [3.8, 4) is 0 Å². The number of rotatable bonds is 11. The van der Waals surface area contributed by atoms with E-state index in [0.29, 0.717) is 6.42 Å². The fraction of sp³-hybridized carbons (Fsp3) is 0.600. The molecule has 0 aromatic rings. The normalized spacial score (nSPS) is 11.4. The first-order valence-electron chi connectivity index (χ1n) is 6.76. The molecule has 0 fully saturated rings. The quantitative estimate of drug-likeness (QED) is 0.328. The van der Waals surface area contributed by atoms with Crippen LogP contribution in [0, 0.1) is 0 Å². The molecule has 0 rings (SSSR count). The third-order valence-electron chi connectivity index (χ3n) is 2.68. The summed E-state index contributed by atoms with van der Waals surface area (Å²) >= 11 is 0.